The quantitative estimate of drug-likeness (QED) is 0.218. The molecule has 0 aliphatic carbocycles. The predicted octanol–water partition coefficient (Wildman–Crippen LogP) is 3.61. The van der Waals surface area contributed by atoms with Crippen LogP contribution in [-0.2, 0) is 4.79 Å². The Labute approximate surface area is 179 Å². The summed E-state index contributed by atoms with van der Waals surface area (Å²) >= 11 is 13.0. The van der Waals surface area contributed by atoms with Gasteiger partial charge in [0.15, 0.2) is 0 Å². The minimum Gasteiger partial charge on any atom is -0.334 e. The monoisotopic (exact) mass is 453 g/mol. The maximum atomic E-state index is 12.9. The highest BCUT2D eigenvalue weighted by Crippen LogP contribution is 2.29. The lowest BCUT2D eigenvalue weighted by atomic mass is 10.2. The first-order valence-corrected chi connectivity index (χ1v) is 9.80. The van der Waals surface area contributed by atoms with Crippen LogP contribution in [0.5, 0.6) is 0 Å². The Kier molecular flexibility index (Phi) is 6.91. The Morgan fingerprint density at radius 3 is 2.76 bits per heavy atom. The van der Waals surface area contributed by atoms with Gasteiger partial charge in [0.25, 0.3) is 5.95 Å². The first-order valence-electron chi connectivity index (χ1n) is 8.06. The highest BCUT2D eigenvalue weighted by atomic mass is 35.5. The number of anilines is 2. The second-order valence-corrected chi connectivity index (χ2v) is 7.26. The van der Waals surface area contributed by atoms with Gasteiger partial charge in [0, 0.05) is 0 Å². The van der Waals surface area contributed by atoms with E-state index in [1.54, 1.807) is 30.3 Å². The van der Waals surface area contributed by atoms with Crippen molar-refractivity contribution in [3.63, 3.8) is 0 Å². The molecular weight excluding hydrogens is 440 g/mol. The topological polar surface area (TPSA) is 110 Å². The molecule has 2 aromatic carbocycles. The van der Waals surface area contributed by atoms with Crippen LogP contribution in [0.15, 0.2) is 52.7 Å². The number of thioether (sulfide) groups is 1. The Morgan fingerprint density at radius 2 is 2.00 bits per heavy atom. The van der Waals surface area contributed by atoms with E-state index in [2.05, 4.69) is 26.0 Å². The minimum absolute atomic E-state index is 0.0248. The van der Waals surface area contributed by atoms with Crippen LogP contribution in [0.1, 0.15) is 5.56 Å². The number of amides is 1. The first kappa shape index (κ1) is 20.9. The third-order valence-electron chi connectivity index (χ3n) is 3.47. The van der Waals surface area contributed by atoms with Crippen molar-refractivity contribution in [2.24, 2.45) is 5.10 Å². The van der Waals surface area contributed by atoms with E-state index in [1.165, 1.54) is 18.3 Å². The molecule has 0 spiro atoms. The number of nitrogens with two attached hydrogens (primary N) is 1. The molecule has 12 heteroatoms. The number of hydrogen-bond donors (Lipinski definition) is 3. The standard InChI is InChI=1S/C17H14Cl2FN7OS/c18-12-2-1-3-13(15(12)19)23-14(28)9-29-17-26-25-16(27(17)21)24-22-8-10-4-6-11(20)7-5-10/h1-8H,9,21H2,(H,23,28)(H,24,25)/b22-8+. The molecule has 0 radical (unpaired) electrons. The van der Waals surface area contributed by atoms with E-state index >= 15 is 0 Å². The van der Waals surface area contributed by atoms with Gasteiger partial charge in [-0.3, -0.25) is 4.79 Å². The zero-order chi connectivity index (χ0) is 20.8. The molecule has 3 rings (SSSR count). The average molecular weight is 454 g/mol. The summed E-state index contributed by atoms with van der Waals surface area (Å²) in [5, 5.41) is 15.3. The van der Waals surface area contributed by atoms with Crippen LogP contribution in [0.2, 0.25) is 10.0 Å². The van der Waals surface area contributed by atoms with Crippen molar-refractivity contribution >= 4 is 58.7 Å². The van der Waals surface area contributed by atoms with Crippen molar-refractivity contribution in [2.45, 2.75) is 5.16 Å². The van der Waals surface area contributed by atoms with E-state index in [1.807, 2.05) is 0 Å². The fourth-order valence-corrected chi connectivity index (χ4v) is 3.09. The Morgan fingerprint density at radius 1 is 1.24 bits per heavy atom. The minimum atomic E-state index is -0.333. The van der Waals surface area contributed by atoms with Crippen LogP contribution in [-0.4, -0.2) is 32.7 Å². The van der Waals surface area contributed by atoms with Crippen molar-refractivity contribution in [1.82, 2.24) is 14.9 Å². The molecule has 0 unspecified atom stereocenters. The van der Waals surface area contributed by atoms with E-state index < -0.39 is 0 Å². The van der Waals surface area contributed by atoms with Crippen molar-refractivity contribution in [1.29, 1.82) is 0 Å². The number of hydrazone groups is 1. The van der Waals surface area contributed by atoms with Crippen LogP contribution < -0.4 is 16.6 Å². The van der Waals surface area contributed by atoms with Crippen molar-refractivity contribution in [3.05, 3.63) is 63.9 Å². The highest BCUT2D eigenvalue weighted by molar-refractivity contribution is 7.99. The number of halogens is 3. The Hall–Kier alpha value is -2.82. The summed E-state index contributed by atoms with van der Waals surface area (Å²) in [5.74, 6) is 5.45. The Bertz CT molecular complexity index is 1040. The third kappa shape index (κ3) is 5.59. The Balaban J connectivity index is 1.54. The van der Waals surface area contributed by atoms with E-state index in [-0.39, 0.29) is 28.4 Å². The molecule has 3 aromatic rings. The van der Waals surface area contributed by atoms with E-state index in [0.29, 0.717) is 21.4 Å². The van der Waals surface area contributed by atoms with Gasteiger partial charge < -0.3 is 11.2 Å². The number of nitrogen functional groups attached to an aromatic ring is 1. The number of rotatable bonds is 7. The molecule has 0 bridgehead atoms. The number of hydrogen-bond acceptors (Lipinski definition) is 7. The summed E-state index contributed by atoms with van der Waals surface area (Å²) in [4.78, 5) is 12.1. The second kappa shape index (κ2) is 9.59. The van der Waals surface area contributed by atoms with Crippen LogP contribution >= 0.6 is 35.0 Å². The smallest absolute Gasteiger partial charge is 0.264 e. The van der Waals surface area contributed by atoms with E-state index in [9.17, 15) is 9.18 Å². The van der Waals surface area contributed by atoms with Gasteiger partial charge in [-0.05, 0) is 29.8 Å². The summed E-state index contributed by atoms with van der Waals surface area (Å²) in [5.41, 5.74) is 3.73. The number of aromatic nitrogens is 3. The molecule has 0 atom stereocenters. The molecule has 8 nitrogen and oxygen atoms in total. The molecule has 4 N–H and O–H groups in total. The molecule has 0 fully saturated rings. The van der Waals surface area contributed by atoms with Gasteiger partial charge in [-0.15, -0.1) is 10.2 Å². The van der Waals surface area contributed by atoms with Crippen LogP contribution in [0.3, 0.4) is 0 Å². The van der Waals surface area contributed by atoms with Crippen LogP contribution in [0.4, 0.5) is 16.0 Å². The molecule has 150 valence electrons. The lowest BCUT2D eigenvalue weighted by Crippen LogP contribution is -2.17. The summed E-state index contributed by atoms with van der Waals surface area (Å²) in [6.45, 7) is 0. The molecule has 0 aliphatic rings. The SMILES string of the molecule is Nn1c(N/N=C/c2ccc(F)cc2)nnc1SCC(=O)Nc1cccc(Cl)c1Cl. The largest absolute Gasteiger partial charge is 0.334 e. The lowest BCUT2D eigenvalue weighted by molar-refractivity contribution is -0.113. The lowest BCUT2D eigenvalue weighted by Gasteiger charge is -2.07. The molecule has 1 aromatic heterocycles. The maximum absolute atomic E-state index is 12.9. The van der Waals surface area contributed by atoms with E-state index in [0.717, 1.165) is 16.4 Å². The fourth-order valence-electron chi connectivity index (χ4n) is 2.08. The summed E-state index contributed by atoms with van der Waals surface area (Å²) in [6.07, 6.45) is 1.48. The predicted molar refractivity (Wildman–Crippen MR) is 114 cm³/mol. The van der Waals surface area contributed by atoms with Gasteiger partial charge in [0.05, 0.1) is 27.7 Å². The summed E-state index contributed by atoms with van der Waals surface area (Å²) < 4.78 is 14.0. The van der Waals surface area contributed by atoms with Crippen LogP contribution in [0, 0.1) is 5.82 Å². The zero-order valence-electron chi connectivity index (χ0n) is 14.6. The van der Waals surface area contributed by atoms with Crippen molar-refractivity contribution in [2.75, 3.05) is 22.3 Å². The van der Waals surface area contributed by atoms with Crippen molar-refractivity contribution in [3.8, 4) is 0 Å². The molecule has 29 heavy (non-hydrogen) atoms. The molecule has 1 heterocycles. The average Bonchev–Trinajstić information content (AvgIpc) is 3.05. The normalized spacial score (nSPS) is 11.0. The number of carbonyl (C=O) groups excluding carboxylic acids is 1. The zero-order valence-corrected chi connectivity index (χ0v) is 17.0. The first-order chi connectivity index (χ1) is 13.9. The van der Waals surface area contributed by atoms with Gasteiger partial charge >= 0.3 is 0 Å². The highest BCUT2D eigenvalue weighted by Gasteiger charge is 2.13. The van der Waals surface area contributed by atoms with E-state index in [4.69, 9.17) is 29.0 Å². The fraction of sp³-hybridized carbons (Fsp3) is 0.0588. The van der Waals surface area contributed by atoms with Crippen molar-refractivity contribution < 1.29 is 9.18 Å². The molecule has 0 aliphatic heterocycles. The number of nitrogens with zero attached hydrogens (tertiary/aromatic N) is 4. The maximum Gasteiger partial charge on any atom is 0.264 e. The second-order valence-electron chi connectivity index (χ2n) is 5.54. The number of benzene rings is 2. The third-order valence-corrected chi connectivity index (χ3v) is 5.23. The van der Waals surface area contributed by atoms with Gasteiger partial charge in [-0.1, -0.05) is 53.2 Å². The molecular formula is C17H14Cl2FN7OS. The van der Waals surface area contributed by atoms with Gasteiger partial charge in [-0.2, -0.15) is 5.10 Å². The number of nitrogens with one attached hydrogen (secondary N) is 2. The summed E-state index contributed by atoms with van der Waals surface area (Å²) in [7, 11) is 0. The van der Waals surface area contributed by atoms with Crippen LogP contribution in [0.25, 0.3) is 0 Å². The molecule has 0 saturated carbocycles. The molecule has 1 amide bonds. The summed E-state index contributed by atoms with van der Waals surface area (Å²) in [6, 6.07) is 10.7. The molecule has 0 saturated heterocycles. The number of carbonyl (C=O) groups is 1. The van der Waals surface area contributed by atoms with Gasteiger partial charge in [0.2, 0.25) is 11.1 Å². The van der Waals surface area contributed by atoms with Gasteiger partial charge in [0.1, 0.15) is 5.82 Å². The van der Waals surface area contributed by atoms with Gasteiger partial charge in [-0.25, -0.2) is 14.5 Å².